The van der Waals surface area contributed by atoms with E-state index in [2.05, 4.69) is 0 Å². The molecule has 1 fully saturated rings. The van der Waals surface area contributed by atoms with Crippen molar-refractivity contribution in [1.82, 2.24) is 0 Å². The van der Waals surface area contributed by atoms with Gasteiger partial charge in [-0.25, -0.2) is 4.79 Å². The molecule has 3 rings (SSSR count). The third-order valence-electron chi connectivity index (χ3n) is 3.93. The molecule has 0 N–H and O–H groups in total. The first kappa shape index (κ1) is 13.9. The summed E-state index contributed by atoms with van der Waals surface area (Å²) >= 11 is 0. The smallest absolute Gasteiger partial charge is 0.336 e. The number of hydrogen-bond acceptors (Lipinski definition) is 5. The maximum absolute atomic E-state index is 11.6. The fourth-order valence-electron chi connectivity index (χ4n) is 2.58. The van der Waals surface area contributed by atoms with Crippen LogP contribution < -0.4 is 15.1 Å². The number of methoxy groups -OCH3 is 2. The molecule has 5 heteroatoms. The topological polar surface area (TPSA) is 61.2 Å². The molecule has 1 aliphatic heterocycles. The van der Waals surface area contributed by atoms with Crippen LogP contribution in [0.4, 0.5) is 0 Å². The summed E-state index contributed by atoms with van der Waals surface area (Å²) in [5.74, 6) is 1.25. The summed E-state index contributed by atoms with van der Waals surface area (Å²) in [6.07, 6.45) is 0.720. The molecule has 1 aromatic carbocycles. The highest BCUT2D eigenvalue weighted by molar-refractivity contribution is 5.88. The van der Waals surface area contributed by atoms with Gasteiger partial charge in [0, 0.05) is 24.1 Å². The van der Waals surface area contributed by atoms with Gasteiger partial charge in [-0.1, -0.05) is 0 Å². The molecule has 0 amide bonds. The zero-order valence-electron chi connectivity index (χ0n) is 12.6. The van der Waals surface area contributed by atoms with Gasteiger partial charge >= 0.3 is 5.63 Å². The van der Waals surface area contributed by atoms with Gasteiger partial charge < -0.3 is 18.6 Å². The minimum atomic E-state index is -0.393. The predicted molar refractivity (Wildman–Crippen MR) is 78.2 cm³/mol. The Morgan fingerprint density at radius 1 is 1.19 bits per heavy atom. The summed E-state index contributed by atoms with van der Waals surface area (Å²) in [5.41, 5.74) is 0.799. The molecule has 0 saturated carbocycles. The predicted octanol–water partition coefficient (Wildman–Crippen LogP) is 2.53. The van der Waals surface area contributed by atoms with Crippen molar-refractivity contribution < 1.29 is 18.6 Å². The standard InChI is InChI=1S/C16H18O5/c1-16(2)13(21-16)7-10-12(19-4)8-11(18-3)9-5-6-14(17)20-15(9)10/h5-6,8,13H,7H2,1-4H3/t13-/m0/s1. The molecule has 0 radical (unpaired) electrons. The second-order valence-electron chi connectivity index (χ2n) is 5.67. The molecule has 0 aliphatic carbocycles. The van der Waals surface area contributed by atoms with Crippen LogP contribution in [-0.2, 0) is 11.2 Å². The van der Waals surface area contributed by atoms with Crippen molar-refractivity contribution in [1.29, 1.82) is 0 Å². The Labute approximate surface area is 122 Å². The van der Waals surface area contributed by atoms with E-state index in [1.165, 1.54) is 6.07 Å². The highest BCUT2D eigenvalue weighted by Crippen LogP contribution is 2.42. The van der Waals surface area contributed by atoms with Crippen molar-refractivity contribution in [2.24, 2.45) is 0 Å². The molecule has 2 heterocycles. The highest BCUT2D eigenvalue weighted by Gasteiger charge is 2.48. The van der Waals surface area contributed by atoms with Gasteiger partial charge in [0.25, 0.3) is 0 Å². The van der Waals surface area contributed by atoms with E-state index in [0.717, 1.165) is 10.9 Å². The summed E-state index contributed by atoms with van der Waals surface area (Å²) in [6.45, 7) is 4.07. The summed E-state index contributed by atoms with van der Waals surface area (Å²) in [7, 11) is 3.16. The van der Waals surface area contributed by atoms with Gasteiger partial charge in [-0.2, -0.15) is 0 Å². The quantitative estimate of drug-likeness (QED) is 0.639. The first-order chi connectivity index (χ1) is 9.96. The lowest BCUT2D eigenvalue weighted by molar-refractivity contribution is 0.322. The number of fused-ring (bicyclic) bond motifs is 1. The second-order valence-corrected chi connectivity index (χ2v) is 5.67. The van der Waals surface area contributed by atoms with Gasteiger partial charge in [-0.15, -0.1) is 0 Å². The van der Waals surface area contributed by atoms with Crippen molar-refractivity contribution in [3.63, 3.8) is 0 Å². The van der Waals surface area contributed by atoms with Crippen LogP contribution >= 0.6 is 0 Å². The monoisotopic (exact) mass is 290 g/mol. The van der Waals surface area contributed by atoms with E-state index in [0.29, 0.717) is 23.5 Å². The van der Waals surface area contributed by atoms with Crippen LogP contribution in [0.25, 0.3) is 11.0 Å². The number of epoxide rings is 1. The molecule has 1 aromatic heterocycles. The average molecular weight is 290 g/mol. The molecule has 5 nitrogen and oxygen atoms in total. The van der Waals surface area contributed by atoms with E-state index >= 15 is 0 Å². The molecule has 21 heavy (non-hydrogen) atoms. The van der Waals surface area contributed by atoms with E-state index in [1.807, 2.05) is 19.9 Å². The van der Waals surface area contributed by atoms with E-state index < -0.39 is 5.63 Å². The second kappa shape index (κ2) is 4.77. The van der Waals surface area contributed by atoms with Gasteiger partial charge in [-0.05, 0) is 19.9 Å². The lowest BCUT2D eigenvalue weighted by atomic mass is 9.99. The third-order valence-corrected chi connectivity index (χ3v) is 3.93. The van der Waals surface area contributed by atoms with Crippen molar-refractivity contribution in [3.05, 3.63) is 34.2 Å². The number of hydrogen-bond donors (Lipinski definition) is 0. The number of ether oxygens (including phenoxy) is 3. The van der Waals surface area contributed by atoms with Crippen molar-refractivity contribution >= 4 is 11.0 Å². The Hall–Kier alpha value is -2.01. The molecule has 1 saturated heterocycles. The SMILES string of the molecule is COc1cc(OC)c2ccc(=O)oc2c1C[C@@H]1OC1(C)C. The molecule has 2 aromatic rings. The van der Waals surface area contributed by atoms with Gasteiger partial charge in [0.05, 0.1) is 31.3 Å². The van der Waals surface area contributed by atoms with Gasteiger partial charge in [0.1, 0.15) is 17.1 Å². The molecule has 0 bridgehead atoms. The Kier molecular flexibility index (Phi) is 3.17. The minimum absolute atomic E-state index is 0.0912. The van der Waals surface area contributed by atoms with Crippen LogP contribution in [0, 0.1) is 0 Å². The van der Waals surface area contributed by atoms with E-state index in [1.54, 1.807) is 20.3 Å². The summed E-state index contributed by atoms with van der Waals surface area (Å²) in [4.78, 5) is 11.6. The van der Waals surface area contributed by atoms with Crippen LogP contribution in [0.5, 0.6) is 11.5 Å². The lowest BCUT2D eigenvalue weighted by Gasteiger charge is -2.13. The van der Waals surface area contributed by atoms with Crippen LogP contribution in [0.1, 0.15) is 19.4 Å². The van der Waals surface area contributed by atoms with E-state index in [4.69, 9.17) is 18.6 Å². The first-order valence-electron chi connectivity index (χ1n) is 6.82. The maximum Gasteiger partial charge on any atom is 0.336 e. The number of benzene rings is 1. The fourth-order valence-corrected chi connectivity index (χ4v) is 2.58. The van der Waals surface area contributed by atoms with Crippen LogP contribution in [0.2, 0.25) is 0 Å². The van der Waals surface area contributed by atoms with E-state index in [-0.39, 0.29) is 11.7 Å². The normalized spacial score (nSPS) is 19.5. The molecular weight excluding hydrogens is 272 g/mol. The zero-order chi connectivity index (χ0) is 15.2. The van der Waals surface area contributed by atoms with Crippen LogP contribution in [0.15, 0.2) is 27.4 Å². The molecule has 1 aliphatic rings. The Morgan fingerprint density at radius 3 is 2.43 bits per heavy atom. The number of rotatable bonds is 4. The average Bonchev–Trinajstić information content (AvgIpc) is 3.06. The van der Waals surface area contributed by atoms with Crippen molar-refractivity contribution in [2.45, 2.75) is 32.0 Å². The highest BCUT2D eigenvalue weighted by atomic mass is 16.6. The van der Waals surface area contributed by atoms with Crippen LogP contribution in [-0.4, -0.2) is 25.9 Å². The lowest BCUT2D eigenvalue weighted by Crippen LogP contribution is -2.08. The largest absolute Gasteiger partial charge is 0.496 e. The zero-order valence-corrected chi connectivity index (χ0v) is 12.6. The van der Waals surface area contributed by atoms with Crippen LogP contribution in [0.3, 0.4) is 0 Å². The molecule has 112 valence electrons. The Bertz CT molecular complexity index is 744. The maximum atomic E-state index is 11.6. The van der Waals surface area contributed by atoms with Gasteiger partial charge in [0.2, 0.25) is 0 Å². The van der Waals surface area contributed by atoms with Gasteiger partial charge in [0.15, 0.2) is 0 Å². The molecule has 1 atom stereocenters. The minimum Gasteiger partial charge on any atom is -0.496 e. The summed E-state index contributed by atoms with van der Waals surface area (Å²) < 4.78 is 21.8. The summed E-state index contributed by atoms with van der Waals surface area (Å²) in [6, 6.07) is 4.91. The van der Waals surface area contributed by atoms with Crippen molar-refractivity contribution in [3.8, 4) is 11.5 Å². The Morgan fingerprint density at radius 2 is 1.86 bits per heavy atom. The van der Waals surface area contributed by atoms with Gasteiger partial charge in [-0.3, -0.25) is 0 Å². The Balaban J connectivity index is 2.20. The molecular formula is C16H18O5. The molecule has 0 spiro atoms. The first-order valence-corrected chi connectivity index (χ1v) is 6.82. The fraction of sp³-hybridized carbons (Fsp3) is 0.438. The third kappa shape index (κ3) is 2.38. The molecule has 0 unspecified atom stereocenters. The van der Waals surface area contributed by atoms with E-state index in [9.17, 15) is 4.79 Å². The summed E-state index contributed by atoms with van der Waals surface area (Å²) in [5, 5.41) is 0.756. The van der Waals surface area contributed by atoms with Crippen molar-refractivity contribution in [2.75, 3.05) is 14.2 Å².